The second kappa shape index (κ2) is 5.48. The van der Waals surface area contributed by atoms with E-state index >= 15 is 0 Å². The van der Waals surface area contributed by atoms with Crippen LogP contribution in [-0.2, 0) is 4.74 Å². The van der Waals surface area contributed by atoms with Gasteiger partial charge >= 0.3 is 5.97 Å². The summed E-state index contributed by atoms with van der Waals surface area (Å²) in [5.74, 6) is 0.788. The number of nitrogens with one attached hydrogen (secondary N) is 2. The summed E-state index contributed by atoms with van der Waals surface area (Å²) in [7, 11) is 0. The van der Waals surface area contributed by atoms with E-state index in [4.69, 9.17) is 4.74 Å². The Labute approximate surface area is 101 Å². The highest BCUT2D eigenvalue weighted by molar-refractivity contribution is 6.01. The Kier molecular flexibility index (Phi) is 3.75. The minimum atomic E-state index is -0.283. The van der Waals surface area contributed by atoms with Crippen molar-refractivity contribution in [3.05, 3.63) is 29.8 Å². The van der Waals surface area contributed by atoms with Crippen molar-refractivity contribution in [1.82, 2.24) is 0 Å². The Balaban J connectivity index is 2.18. The first-order valence-electron chi connectivity index (χ1n) is 5.94. The van der Waals surface area contributed by atoms with Crippen molar-refractivity contribution in [3.63, 3.8) is 0 Å². The third kappa shape index (κ3) is 2.84. The fourth-order valence-corrected chi connectivity index (χ4v) is 1.84. The molecule has 0 atom stereocenters. The van der Waals surface area contributed by atoms with Gasteiger partial charge in [0.05, 0.1) is 19.6 Å². The molecular formula is C13H17N2O2+. The maximum atomic E-state index is 11.7. The molecule has 0 fully saturated rings. The Morgan fingerprint density at radius 3 is 3.00 bits per heavy atom. The molecule has 0 aromatic heterocycles. The quantitative estimate of drug-likeness (QED) is 0.750. The molecule has 0 amide bonds. The summed E-state index contributed by atoms with van der Waals surface area (Å²) in [4.78, 5) is 15.0. The van der Waals surface area contributed by atoms with Gasteiger partial charge in [-0.15, -0.1) is 0 Å². The molecule has 4 heteroatoms. The zero-order chi connectivity index (χ0) is 12.1. The first-order valence-corrected chi connectivity index (χ1v) is 5.94. The molecule has 2 rings (SSSR count). The van der Waals surface area contributed by atoms with Gasteiger partial charge in [-0.25, -0.2) is 10.1 Å². The number of benzene rings is 1. The molecule has 0 saturated carbocycles. The topological polar surface area (TPSA) is 52.3 Å². The summed E-state index contributed by atoms with van der Waals surface area (Å²) in [6.07, 6.45) is 2.13. The lowest BCUT2D eigenvalue weighted by Crippen LogP contribution is -2.71. The van der Waals surface area contributed by atoms with E-state index < -0.39 is 0 Å². The number of esters is 1. The van der Waals surface area contributed by atoms with Gasteiger partial charge in [-0.3, -0.25) is 4.99 Å². The second-order valence-electron chi connectivity index (χ2n) is 3.90. The van der Waals surface area contributed by atoms with Crippen LogP contribution in [0.15, 0.2) is 24.3 Å². The van der Waals surface area contributed by atoms with Gasteiger partial charge in [0.15, 0.2) is 0 Å². The largest absolute Gasteiger partial charge is 0.462 e. The van der Waals surface area contributed by atoms with Gasteiger partial charge in [0.25, 0.3) is 0 Å². The van der Waals surface area contributed by atoms with E-state index in [1.807, 2.05) is 18.2 Å². The maximum Gasteiger partial charge on any atom is 0.342 e. The lowest BCUT2D eigenvalue weighted by atomic mass is 10.1. The SMILES string of the molecule is CCOC(=O)c1ccccc1NC1=[NH+]CCC1. The first kappa shape index (κ1) is 11.6. The number of rotatable bonds is 3. The lowest BCUT2D eigenvalue weighted by molar-refractivity contribution is -0.447. The molecule has 2 N–H and O–H groups in total. The summed E-state index contributed by atoms with van der Waals surface area (Å²) in [5, 5.41) is 3.25. The third-order valence-corrected chi connectivity index (χ3v) is 2.65. The monoisotopic (exact) mass is 233 g/mol. The van der Waals surface area contributed by atoms with Crippen LogP contribution in [0.3, 0.4) is 0 Å². The predicted molar refractivity (Wildman–Crippen MR) is 66.1 cm³/mol. The molecule has 0 aliphatic carbocycles. The molecule has 1 heterocycles. The maximum absolute atomic E-state index is 11.7. The molecule has 0 spiro atoms. The van der Waals surface area contributed by atoms with Gasteiger partial charge in [-0.2, -0.15) is 0 Å². The van der Waals surface area contributed by atoms with Crippen LogP contribution >= 0.6 is 0 Å². The number of ether oxygens (including phenoxy) is 1. The van der Waals surface area contributed by atoms with E-state index in [-0.39, 0.29) is 5.97 Å². The highest BCUT2D eigenvalue weighted by Crippen LogP contribution is 2.16. The van der Waals surface area contributed by atoms with Gasteiger partial charge in [-0.1, -0.05) is 12.1 Å². The van der Waals surface area contributed by atoms with E-state index in [9.17, 15) is 4.79 Å². The molecule has 17 heavy (non-hydrogen) atoms. The molecule has 1 aromatic carbocycles. The first-order chi connectivity index (χ1) is 8.31. The van der Waals surface area contributed by atoms with Gasteiger partial charge in [0, 0.05) is 0 Å². The lowest BCUT2D eigenvalue weighted by Gasteiger charge is -2.06. The van der Waals surface area contributed by atoms with Crippen LogP contribution in [0.4, 0.5) is 5.69 Å². The van der Waals surface area contributed by atoms with Crippen molar-refractivity contribution in [1.29, 1.82) is 0 Å². The zero-order valence-corrected chi connectivity index (χ0v) is 9.95. The van der Waals surface area contributed by atoms with Gasteiger partial charge in [0.1, 0.15) is 11.3 Å². The summed E-state index contributed by atoms with van der Waals surface area (Å²) in [6.45, 7) is 3.19. The van der Waals surface area contributed by atoms with Gasteiger partial charge in [0.2, 0.25) is 5.84 Å². The van der Waals surface area contributed by atoms with Crippen molar-refractivity contribution in [2.24, 2.45) is 0 Å². The average Bonchev–Trinajstić information content (AvgIpc) is 2.83. The molecule has 1 aliphatic rings. The number of amidine groups is 1. The highest BCUT2D eigenvalue weighted by atomic mass is 16.5. The molecule has 4 nitrogen and oxygen atoms in total. The van der Waals surface area contributed by atoms with E-state index in [1.54, 1.807) is 13.0 Å². The fourth-order valence-electron chi connectivity index (χ4n) is 1.84. The Morgan fingerprint density at radius 2 is 2.29 bits per heavy atom. The minimum Gasteiger partial charge on any atom is -0.462 e. The minimum absolute atomic E-state index is 0.283. The zero-order valence-electron chi connectivity index (χ0n) is 9.95. The summed E-state index contributed by atoms with van der Waals surface area (Å²) >= 11 is 0. The van der Waals surface area contributed by atoms with Crippen LogP contribution in [0.2, 0.25) is 0 Å². The van der Waals surface area contributed by atoms with E-state index in [2.05, 4.69) is 10.3 Å². The molecule has 0 saturated heterocycles. The average molecular weight is 233 g/mol. The molecule has 90 valence electrons. The Bertz CT molecular complexity index is 441. The van der Waals surface area contributed by atoms with Crippen LogP contribution in [0, 0.1) is 0 Å². The van der Waals surface area contributed by atoms with E-state index in [0.717, 1.165) is 30.9 Å². The number of carbonyl (C=O) groups excluding carboxylic acids is 1. The van der Waals surface area contributed by atoms with Crippen molar-refractivity contribution in [3.8, 4) is 0 Å². The second-order valence-corrected chi connectivity index (χ2v) is 3.90. The number of anilines is 1. The summed E-state index contributed by atoms with van der Waals surface area (Å²) in [6, 6.07) is 7.40. The number of para-hydroxylation sites is 1. The predicted octanol–water partition coefficient (Wildman–Crippen LogP) is 0.548. The van der Waals surface area contributed by atoms with Crippen LogP contribution in [-0.4, -0.2) is 25.0 Å². The van der Waals surface area contributed by atoms with Crippen LogP contribution in [0.25, 0.3) is 0 Å². The smallest absolute Gasteiger partial charge is 0.342 e. The molecule has 0 radical (unpaired) electrons. The van der Waals surface area contributed by atoms with Crippen LogP contribution in [0.5, 0.6) is 0 Å². The van der Waals surface area contributed by atoms with Crippen molar-refractivity contribution in [2.75, 3.05) is 18.5 Å². The summed E-state index contributed by atoms with van der Waals surface area (Å²) < 4.78 is 5.02. The number of hydrogen-bond acceptors (Lipinski definition) is 3. The molecule has 1 aromatic rings. The Morgan fingerprint density at radius 1 is 1.47 bits per heavy atom. The van der Waals surface area contributed by atoms with Crippen LogP contribution < -0.4 is 10.3 Å². The van der Waals surface area contributed by atoms with Crippen molar-refractivity contribution < 1.29 is 14.5 Å². The molecular weight excluding hydrogens is 216 g/mol. The van der Waals surface area contributed by atoms with Crippen molar-refractivity contribution in [2.45, 2.75) is 19.8 Å². The fraction of sp³-hybridized carbons (Fsp3) is 0.385. The molecule has 1 aliphatic heterocycles. The highest BCUT2D eigenvalue weighted by Gasteiger charge is 2.19. The Hall–Kier alpha value is -1.84. The van der Waals surface area contributed by atoms with Crippen molar-refractivity contribution >= 4 is 17.5 Å². The molecule has 0 unspecified atom stereocenters. The van der Waals surface area contributed by atoms with E-state index in [1.165, 1.54) is 0 Å². The third-order valence-electron chi connectivity index (χ3n) is 2.65. The number of carbonyl (C=O) groups is 1. The molecule has 0 bridgehead atoms. The number of hydrogen-bond donors (Lipinski definition) is 2. The van der Waals surface area contributed by atoms with Gasteiger partial charge in [-0.05, 0) is 25.5 Å². The van der Waals surface area contributed by atoms with Crippen LogP contribution in [0.1, 0.15) is 30.1 Å². The standard InChI is InChI=1S/C13H16N2O2/c1-2-17-13(16)10-6-3-4-7-11(10)15-12-8-5-9-14-12/h3-4,6-7H,2,5,8-9H2,1H3,(H,14,15)/p+1. The normalized spacial score (nSPS) is 14.3. The van der Waals surface area contributed by atoms with Gasteiger partial charge < -0.3 is 4.74 Å². The van der Waals surface area contributed by atoms with E-state index in [0.29, 0.717) is 12.2 Å². The summed E-state index contributed by atoms with van der Waals surface area (Å²) in [5.41, 5.74) is 1.38.